The van der Waals surface area contributed by atoms with Crippen molar-refractivity contribution >= 4 is 11.4 Å². The smallest absolute Gasteiger partial charge is 0.272 e. The highest BCUT2D eigenvalue weighted by Crippen LogP contribution is 2.19. The van der Waals surface area contributed by atoms with Gasteiger partial charge in [0.25, 0.3) is 5.69 Å². The minimum Gasteiger partial charge on any atom is -0.392 e. The third-order valence-electron chi connectivity index (χ3n) is 2.22. The SMILES string of the molecule is CC(O)CNCCNc1ccc([N+](=O)[O-])cc1F. The van der Waals surface area contributed by atoms with E-state index in [4.69, 9.17) is 5.11 Å². The Morgan fingerprint density at radius 1 is 1.50 bits per heavy atom. The van der Waals surface area contributed by atoms with Crippen LogP contribution in [0.5, 0.6) is 0 Å². The summed E-state index contributed by atoms with van der Waals surface area (Å²) < 4.78 is 13.4. The monoisotopic (exact) mass is 257 g/mol. The Bertz CT molecular complexity index is 413. The molecule has 0 aliphatic carbocycles. The average Bonchev–Trinajstić information content (AvgIpc) is 2.29. The van der Waals surface area contributed by atoms with E-state index in [1.54, 1.807) is 6.92 Å². The first-order valence-corrected chi connectivity index (χ1v) is 5.57. The summed E-state index contributed by atoms with van der Waals surface area (Å²) in [7, 11) is 0. The molecule has 0 aliphatic heterocycles. The summed E-state index contributed by atoms with van der Waals surface area (Å²) in [5.41, 5.74) is -0.0512. The highest BCUT2D eigenvalue weighted by Gasteiger charge is 2.09. The summed E-state index contributed by atoms with van der Waals surface area (Å²) in [5.74, 6) is -0.653. The minimum atomic E-state index is -0.653. The van der Waals surface area contributed by atoms with E-state index in [-0.39, 0.29) is 11.4 Å². The van der Waals surface area contributed by atoms with Crippen molar-refractivity contribution in [3.8, 4) is 0 Å². The second-order valence-electron chi connectivity index (χ2n) is 3.90. The molecule has 6 nitrogen and oxygen atoms in total. The Morgan fingerprint density at radius 2 is 2.22 bits per heavy atom. The summed E-state index contributed by atoms with van der Waals surface area (Å²) in [6.07, 6.45) is -0.430. The zero-order valence-electron chi connectivity index (χ0n) is 10.0. The molecular formula is C11H16FN3O3. The molecule has 0 radical (unpaired) electrons. The fraction of sp³-hybridized carbons (Fsp3) is 0.455. The van der Waals surface area contributed by atoms with Gasteiger partial charge in [-0.25, -0.2) is 4.39 Å². The number of anilines is 1. The summed E-state index contributed by atoms with van der Waals surface area (Å²) in [6, 6.07) is 3.46. The van der Waals surface area contributed by atoms with E-state index in [9.17, 15) is 14.5 Å². The molecule has 1 aromatic carbocycles. The first-order valence-electron chi connectivity index (χ1n) is 5.57. The van der Waals surface area contributed by atoms with Crippen molar-refractivity contribution in [1.29, 1.82) is 0 Å². The van der Waals surface area contributed by atoms with Crippen LogP contribution in [0.4, 0.5) is 15.8 Å². The van der Waals surface area contributed by atoms with Gasteiger partial charge in [-0.05, 0) is 13.0 Å². The third kappa shape index (κ3) is 4.64. The van der Waals surface area contributed by atoms with Crippen molar-refractivity contribution in [2.75, 3.05) is 25.0 Å². The van der Waals surface area contributed by atoms with Crippen LogP contribution in [-0.2, 0) is 0 Å². The summed E-state index contributed by atoms with van der Waals surface area (Å²) in [6.45, 7) is 3.14. The Kier molecular flexibility index (Phi) is 5.47. The molecule has 7 heteroatoms. The van der Waals surface area contributed by atoms with E-state index in [0.29, 0.717) is 19.6 Å². The van der Waals surface area contributed by atoms with Crippen molar-refractivity contribution in [2.45, 2.75) is 13.0 Å². The molecule has 3 N–H and O–H groups in total. The average molecular weight is 257 g/mol. The maximum absolute atomic E-state index is 13.4. The van der Waals surface area contributed by atoms with E-state index >= 15 is 0 Å². The molecular weight excluding hydrogens is 241 g/mol. The molecule has 0 bridgehead atoms. The van der Waals surface area contributed by atoms with Crippen LogP contribution >= 0.6 is 0 Å². The van der Waals surface area contributed by atoms with Gasteiger partial charge in [0.05, 0.1) is 22.8 Å². The van der Waals surface area contributed by atoms with Gasteiger partial charge in [-0.15, -0.1) is 0 Å². The predicted octanol–water partition coefficient (Wildman–Crippen LogP) is 1.12. The van der Waals surface area contributed by atoms with Gasteiger partial charge in [-0.2, -0.15) is 0 Å². The third-order valence-corrected chi connectivity index (χ3v) is 2.22. The number of aliphatic hydroxyl groups excluding tert-OH is 1. The standard InChI is InChI=1S/C11H16FN3O3/c1-8(16)7-13-4-5-14-11-3-2-9(15(17)18)6-10(11)12/h2-3,6,8,13-14,16H,4-5,7H2,1H3. The summed E-state index contributed by atoms with van der Waals surface area (Å²) in [4.78, 5) is 9.77. The molecule has 0 fully saturated rings. The second-order valence-corrected chi connectivity index (χ2v) is 3.90. The van der Waals surface area contributed by atoms with Crippen molar-refractivity contribution in [2.24, 2.45) is 0 Å². The molecule has 0 heterocycles. The van der Waals surface area contributed by atoms with Crippen LogP contribution in [-0.4, -0.2) is 35.8 Å². The van der Waals surface area contributed by atoms with Gasteiger partial charge in [-0.3, -0.25) is 10.1 Å². The van der Waals surface area contributed by atoms with Gasteiger partial charge in [0.15, 0.2) is 5.82 Å². The lowest BCUT2D eigenvalue weighted by Crippen LogP contribution is -2.29. The van der Waals surface area contributed by atoms with Crippen LogP contribution in [0.25, 0.3) is 0 Å². The van der Waals surface area contributed by atoms with E-state index in [1.807, 2.05) is 0 Å². The van der Waals surface area contributed by atoms with Gasteiger partial charge < -0.3 is 15.7 Å². The molecule has 0 saturated carbocycles. The van der Waals surface area contributed by atoms with Gasteiger partial charge >= 0.3 is 0 Å². The van der Waals surface area contributed by atoms with Crippen molar-refractivity contribution in [3.05, 3.63) is 34.1 Å². The predicted molar refractivity (Wildman–Crippen MR) is 66.1 cm³/mol. The molecule has 0 spiro atoms. The number of nitrogens with one attached hydrogen (secondary N) is 2. The normalized spacial score (nSPS) is 12.2. The van der Waals surface area contributed by atoms with Crippen LogP contribution in [0.15, 0.2) is 18.2 Å². The van der Waals surface area contributed by atoms with Crippen LogP contribution in [0, 0.1) is 15.9 Å². The number of non-ortho nitro benzene ring substituents is 1. The molecule has 1 aromatic rings. The highest BCUT2D eigenvalue weighted by molar-refractivity contribution is 5.50. The lowest BCUT2D eigenvalue weighted by Gasteiger charge is -2.09. The first-order chi connectivity index (χ1) is 8.50. The highest BCUT2D eigenvalue weighted by atomic mass is 19.1. The fourth-order valence-electron chi connectivity index (χ4n) is 1.36. The number of aliphatic hydroxyl groups is 1. The Morgan fingerprint density at radius 3 is 2.78 bits per heavy atom. The van der Waals surface area contributed by atoms with E-state index in [1.165, 1.54) is 12.1 Å². The maximum Gasteiger partial charge on any atom is 0.272 e. The zero-order valence-corrected chi connectivity index (χ0v) is 10.0. The maximum atomic E-state index is 13.4. The van der Waals surface area contributed by atoms with E-state index in [0.717, 1.165) is 6.07 Å². The van der Waals surface area contributed by atoms with E-state index in [2.05, 4.69) is 10.6 Å². The van der Waals surface area contributed by atoms with Crippen LogP contribution in [0.2, 0.25) is 0 Å². The van der Waals surface area contributed by atoms with Crippen LogP contribution in [0.1, 0.15) is 6.92 Å². The minimum absolute atomic E-state index is 0.222. The van der Waals surface area contributed by atoms with Gasteiger partial charge in [-0.1, -0.05) is 0 Å². The number of nitrogens with zero attached hydrogens (tertiary/aromatic N) is 1. The number of hydrogen-bond acceptors (Lipinski definition) is 5. The van der Waals surface area contributed by atoms with Crippen LogP contribution in [0.3, 0.4) is 0 Å². The number of benzene rings is 1. The number of nitro groups is 1. The quantitative estimate of drug-likeness (QED) is 0.387. The number of halogens is 1. The van der Waals surface area contributed by atoms with Gasteiger partial charge in [0, 0.05) is 25.7 Å². The Balaban J connectivity index is 2.41. The number of nitro benzene ring substituents is 1. The number of rotatable bonds is 7. The van der Waals surface area contributed by atoms with E-state index < -0.39 is 16.8 Å². The topological polar surface area (TPSA) is 87.4 Å². The Labute approximate surface area is 104 Å². The second kappa shape index (κ2) is 6.87. The zero-order chi connectivity index (χ0) is 13.5. The fourth-order valence-corrected chi connectivity index (χ4v) is 1.36. The van der Waals surface area contributed by atoms with Crippen molar-refractivity contribution in [1.82, 2.24) is 5.32 Å². The summed E-state index contributed by atoms with van der Waals surface area (Å²) >= 11 is 0. The van der Waals surface area contributed by atoms with Crippen molar-refractivity contribution in [3.63, 3.8) is 0 Å². The van der Waals surface area contributed by atoms with Gasteiger partial charge in [0.1, 0.15) is 0 Å². The van der Waals surface area contributed by atoms with Crippen molar-refractivity contribution < 1.29 is 14.4 Å². The molecule has 100 valence electrons. The largest absolute Gasteiger partial charge is 0.392 e. The molecule has 0 amide bonds. The Hall–Kier alpha value is -1.73. The number of hydrogen-bond donors (Lipinski definition) is 3. The molecule has 1 rings (SSSR count). The first kappa shape index (κ1) is 14.3. The molecule has 0 aromatic heterocycles. The summed E-state index contributed by atoms with van der Waals surface area (Å²) in [5, 5.41) is 25.2. The lowest BCUT2D eigenvalue weighted by atomic mass is 10.2. The molecule has 0 saturated heterocycles. The van der Waals surface area contributed by atoms with Gasteiger partial charge in [0.2, 0.25) is 0 Å². The van der Waals surface area contributed by atoms with Crippen LogP contribution < -0.4 is 10.6 Å². The lowest BCUT2D eigenvalue weighted by molar-refractivity contribution is -0.385. The molecule has 18 heavy (non-hydrogen) atoms. The molecule has 1 atom stereocenters. The molecule has 1 unspecified atom stereocenters. The molecule has 0 aliphatic rings.